The van der Waals surface area contributed by atoms with Crippen molar-refractivity contribution >= 4 is 18.1 Å². The number of nitrogens with one attached hydrogen (secondary N) is 1. The largest absolute Gasteiger partial charge is 0.478 e. The Balaban J connectivity index is 1.35. The molecule has 0 aliphatic heterocycles. The minimum atomic E-state index is -1.49. The molecule has 0 spiro atoms. The lowest BCUT2D eigenvalue weighted by atomic mass is 9.98. The van der Waals surface area contributed by atoms with Gasteiger partial charge in [-0.3, -0.25) is 0 Å². The number of hydrogen-bond acceptors (Lipinski definition) is 3. The predicted octanol–water partition coefficient (Wildman–Crippen LogP) is 5.21. The topological polar surface area (TPSA) is 75.6 Å². The molecule has 7 heteroatoms. The first-order valence-electron chi connectivity index (χ1n) is 9.93. The fraction of sp³-hybridized carbons (Fsp3) is 0.120. The van der Waals surface area contributed by atoms with E-state index in [4.69, 9.17) is 9.84 Å². The van der Waals surface area contributed by atoms with E-state index in [2.05, 4.69) is 5.32 Å². The molecular weight excluding hydrogens is 416 g/mol. The first-order valence-corrected chi connectivity index (χ1v) is 9.93. The van der Waals surface area contributed by atoms with Gasteiger partial charge in [0.2, 0.25) is 0 Å². The van der Waals surface area contributed by atoms with Gasteiger partial charge in [-0.1, -0.05) is 60.7 Å². The van der Waals surface area contributed by atoms with Crippen LogP contribution in [0.25, 0.3) is 17.2 Å². The number of fused-ring (bicyclic) bond motifs is 3. The molecule has 0 fully saturated rings. The quantitative estimate of drug-likeness (QED) is 0.557. The Morgan fingerprint density at radius 1 is 0.969 bits per heavy atom. The Hall–Kier alpha value is -4.00. The highest BCUT2D eigenvalue weighted by atomic mass is 19.1. The lowest BCUT2D eigenvalue weighted by Crippen LogP contribution is -2.26. The fourth-order valence-electron chi connectivity index (χ4n) is 3.83. The molecule has 3 aromatic rings. The summed E-state index contributed by atoms with van der Waals surface area (Å²) in [6.45, 7) is 0.189. The SMILES string of the molecule is O=C(NCC=Cc1cc(C(=O)O)c(F)cc1F)OCC1c2ccccc2-c2ccccc21. The van der Waals surface area contributed by atoms with Crippen molar-refractivity contribution in [3.63, 3.8) is 0 Å². The minimum absolute atomic E-state index is 0.0237. The number of ether oxygens (including phenoxy) is 1. The fourth-order valence-corrected chi connectivity index (χ4v) is 3.83. The van der Waals surface area contributed by atoms with Crippen molar-refractivity contribution < 1.29 is 28.2 Å². The molecule has 0 bridgehead atoms. The van der Waals surface area contributed by atoms with Gasteiger partial charge in [-0.15, -0.1) is 0 Å². The third-order valence-corrected chi connectivity index (χ3v) is 5.32. The molecule has 32 heavy (non-hydrogen) atoms. The summed E-state index contributed by atoms with van der Waals surface area (Å²) in [7, 11) is 0. The molecule has 2 N–H and O–H groups in total. The first kappa shape index (κ1) is 21.2. The van der Waals surface area contributed by atoms with Crippen LogP contribution in [0.3, 0.4) is 0 Å². The van der Waals surface area contributed by atoms with E-state index in [1.807, 2.05) is 48.5 Å². The summed E-state index contributed by atoms with van der Waals surface area (Å²) in [4.78, 5) is 23.1. The third-order valence-electron chi connectivity index (χ3n) is 5.32. The predicted molar refractivity (Wildman–Crippen MR) is 115 cm³/mol. The Kier molecular flexibility index (Phi) is 5.98. The van der Waals surface area contributed by atoms with Gasteiger partial charge in [0.25, 0.3) is 0 Å². The van der Waals surface area contributed by atoms with Crippen molar-refractivity contribution in [3.8, 4) is 11.1 Å². The molecule has 1 aliphatic rings. The van der Waals surface area contributed by atoms with Crippen LogP contribution in [0.1, 0.15) is 33.0 Å². The average molecular weight is 435 g/mol. The molecule has 162 valence electrons. The maximum atomic E-state index is 13.8. The summed E-state index contributed by atoms with van der Waals surface area (Å²) in [5.41, 5.74) is 3.72. The van der Waals surface area contributed by atoms with E-state index in [1.165, 1.54) is 12.2 Å². The minimum Gasteiger partial charge on any atom is -0.478 e. The molecular formula is C25H19F2NO4. The number of alkyl carbamates (subject to hydrolysis) is 1. The zero-order valence-electron chi connectivity index (χ0n) is 16.8. The number of rotatable bonds is 6. The number of hydrogen-bond donors (Lipinski definition) is 2. The van der Waals surface area contributed by atoms with Gasteiger partial charge in [0.1, 0.15) is 18.2 Å². The number of carbonyl (C=O) groups is 2. The van der Waals surface area contributed by atoms with Gasteiger partial charge in [0, 0.05) is 24.1 Å². The molecule has 1 aliphatic carbocycles. The van der Waals surface area contributed by atoms with Crippen LogP contribution in [0, 0.1) is 11.6 Å². The van der Waals surface area contributed by atoms with Crippen molar-refractivity contribution in [1.82, 2.24) is 5.32 Å². The number of halogens is 2. The number of carboxylic acid groups (broad SMARTS) is 1. The first-order chi connectivity index (χ1) is 15.5. The Labute approximate surface area is 183 Å². The van der Waals surface area contributed by atoms with E-state index in [0.717, 1.165) is 28.3 Å². The van der Waals surface area contributed by atoms with Gasteiger partial charge in [-0.05, 0) is 28.3 Å². The van der Waals surface area contributed by atoms with Gasteiger partial charge in [0.05, 0.1) is 5.56 Å². The van der Waals surface area contributed by atoms with Crippen molar-refractivity contribution in [2.45, 2.75) is 5.92 Å². The Morgan fingerprint density at radius 2 is 1.59 bits per heavy atom. The van der Waals surface area contributed by atoms with Crippen LogP contribution < -0.4 is 5.32 Å². The van der Waals surface area contributed by atoms with E-state index in [-0.39, 0.29) is 24.6 Å². The summed E-state index contributed by atoms with van der Waals surface area (Å²) >= 11 is 0. The van der Waals surface area contributed by atoms with E-state index in [0.29, 0.717) is 6.07 Å². The molecule has 0 unspecified atom stereocenters. The van der Waals surface area contributed by atoms with E-state index in [1.54, 1.807) is 0 Å². The van der Waals surface area contributed by atoms with E-state index >= 15 is 0 Å². The van der Waals surface area contributed by atoms with Crippen LogP contribution in [0.5, 0.6) is 0 Å². The number of carbonyl (C=O) groups excluding carboxylic acids is 1. The van der Waals surface area contributed by atoms with Gasteiger partial charge < -0.3 is 15.2 Å². The number of aromatic carboxylic acids is 1. The van der Waals surface area contributed by atoms with E-state index < -0.39 is 29.3 Å². The lowest BCUT2D eigenvalue weighted by Gasteiger charge is -2.14. The van der Waals surface area contributed by atoms with Gasteiger partial charge >= 0.3 is 12.1 Å². The molecule has 0 atom stereocenters. The van der Waals surface area contributed by atoms with Gasteiger partial charge in [-0.2, -0.15) is 0 Å². The second-order valence-electron chi connectivity index (χ2n) is 7.27. The van der Waals surface area contributed by atoms with Crippen molar-refractivity contribution in [2.75, 3.05) is 13.2 Å². The maximum Gasteiger partial charge on any atom is 0.407 e. The molecule has 0 saturated carbocycles. The smallest absolute Gasteiger partial charge is 0.407 e. The third kappa shape index (κ3) is 4.23. The Morgan fingerprint density at radius 3 is 2.22 bits per heavy atom. The molecule has 0 radical (unpaired) electrons. The van der Waals surface area contributed by atoms with Crippen LogP contribution >= 0.6 is 0 Å². The lowest BCUT2D eigenvalue weighted by molar-refractivity contribution is 0.0691. The zero-order valence-corrected chi connectivity index (χ0v) is 16.8. The highest BCUT2D eigenvalue weighted by Gasteiger charge is 2.28. The molecule has 0 aromatic heterocycles. The summed E-state index contributed by atoms with van der Waals surface area (Å²) in [5.74, 6) is -3.60. The molecule has 0 saturated heterocycles. The van der Waals surface area contributed by atoms with Crippen molar-refractivity contribution in [3.05, 3.63) is 101 Å². The van der Waals surface area contributed by atoms with Crippen LogP contribution in [0.4, 0.5) is 13.6 Å². The highest BCUT2D eigenvalue weighted by Crippen LogP contribution is 2.44. The summed E-state index contributed by atoms with van der Waals surface area (Å²) in [5, 5.41) is 11.5. The second kappa shape index (κ2) is 9.01. The summed E-state index contributed by atoms with van der Waals surface area (Å²) in [6, 6.07) is 17.4. The standard InChI is InChI=1S/C25H19F2NO4/c26-22-13-23(27)20(24(29)30)12-15(22)6-5-11-28-25(31)32-14-21-18-9-3-1-7-16(18)17-8-2-4-10-19(17)21/h1-10,12-13,21H,11,14H2,(H,28,31)(H,29,30). The molecule has 4 rings (SSSR count). The van der Waals surface area contributed by atoms with Crippen LogP contribution in [-0.2, 0) is 4.74 Å². The molecule has 0 heterocycles. The molecule has 5 nitrogen and oxygen atoms in total. The van der Waals surface area contributed by atoms with Gasteiger partial charge in [0.15, 0.2) is 0 Å². The number of amides is 1. The normalized spacial score (nSPS) is 12.4. The average Bonchev–Trinajstić information content (AvgIpc) is 3.10. The second-order valence-corrected chi connectivity index (χ2v) is 7.27. The van der Waals surface area contributed by atoms with Crippen molar-refractivity contribution in [1.29, 1.82) is 0 Å². The van der Waals surface area contributed by atoms with E-state index in [9.17, 15) is 18.4 Å². The molecule has 3 aromatic carbocycles. The molecule has 1 amide bonds. The summed E-state index contributed by atoms with van der Waals surface area (Å²) < 4.78 is 32.7. The summed E-state index contributed by atoms with van der Waals surface area (Å²) in [6.07, 6.45) is 2.05. The van der Waals surface area contributed by atoms with Gasteiger partial charge in [-0.25, -0.2) is 18.4 Å². The van der Waals surface area contributed by atoms with Crippen LogP contribution in [-0.4, -0.2) is 30.3 Å². The highest BCUT2D eigenvalue weighted by molar-refractivity contribution is 5.88. The van der Waals surface area contributed by atoms with Crippen LogP contribution in [0.2, 0.25) is 0 Å². The zero-order chi connectivity index (χ0) is 22.7. The van der Waals surface area contributed by atoms with Crippen LogP contribution in [0.15, 0.2) is 66.7 Å². The number of carboxylic acids is 1. The Bertz CT molecular complexity index is 1180. The maximum absolute atomic E-state index is 13.8. The number of benzene rings is 3. The van der Waals surface area contributed by atoms with Crippen molar-refractivity contribution in [2.24, 2.45) is 0 Å². The monoisotopic (exact) mass is 435 g/mol.